The lowest BCUT2D eigenvalue weighted by Crippen LogP contribution is -1.97. The van der Waals surface area contributed by atoms with Crippen molar-refractivity contribution in [1.29, 1.82) is 0 Å². The topological polar surface area (TPSA) is 204 Å². The number of aromatic hydroxyl groups is 1. The highest BCUT2D eigenvalue weighted by atomic mass is 32.2. The van der Waals surface area contributed by atoms with Crippen molar-refractivity contribution in [2.24, 2.45) is 20.5 Å². The highest BCUT2D eigenvalue weighted by Crippen LogP contribution is 2.40. The van der Waals surface area contributed by atoms with E-state index in [0.717, 1.165) is 0 Å². The summed E-state index contributed by atoms with van der Waals surface area (Å²) in [5, 5.41) is 30.9. The van der Waals surface area contributed by atoms with Gasteiger partial charge in [-0.05, 0) is 77.5 Å². The van der Waals surface area contributed by atoms with Crippen LogP contribution in [0.5, 0.6) is 5.75 Å². The van der Waals surface area contributed by atoms with Crippen LogP contribution in [0.25, 0.3) is 32.3 Å². The highest BCUT2D eigenvalue weighted by Gasteiger charge is 2.15. The van der Waals surface area contributed by atoms with Crippen LogP contribution >= 0.6 is 0 Å². The summed E-state index contributed by atoms with van der Waals surface area (Å²) >= 11 is 0. The van der Waals surface area contributed by atoms with E-state index in [0.29, 0.717) is 49.4 Å². The van der Waals surface area contributed by atoms with Gasteiger partial charge >= 0.3 is 0 Å². The van der Waals surface area contributed by atoms with E-state index in [2.05, 4.69) is 20.5 Å². The van der Waals surface area contributed by atoms with Crippen molar-refractivity contribution in [2.75, 3.05) is 5.73 Å². The number of hydrogen-bond acceptors (Lipinski definition) is 10. The first kappa shape index (κ1) is 28.8. The molecule has 5 N–H and O–H groups in total. The van der Waals surface area contributed by atoms with E-state index in [4.69, 9.17) is 5.73 Å². The second-order valence-electron chi connectivity index (χ2n) is 9.73. The van der Waals surface area contributed by atoms with E-state index in [9.17, 15) is 31.0 Å². The minimum atomic E-state index is -4.55. The summed E-state index contributed by atoms with van der Waals surface area (Å²) in [4.78, 5) is -0.601. The van der Waals surface area contributed by atoms with Gasteiger partial charge in [0.2, 0.25) is 0 Å². The largest absolute Gasteiger partial charge is 0.506 e. The number of azo groups is 2. The summed E-state index contributed by atoms with van der Waals surface area (Å²) in [5.74, 6) is -0.111. The number of hydrogen-bond donors (Lipinski definition) is 4. The molecule has 0 aliphatic heterocycles. The van der Waals surface area contributed by atoms with Crippen LogP contribution in [0.15, 0.2) is 127 Å². The molecule has 0 saturated carbocycles. The van der Waals surface area contributed by atoms with E-state index in [1.54, 1.807) is 54.6 Å². The van der Waals surface area contributed by atoms with Gasteiger partial charge in [-0.15, -0.1) is 15.3 Å². The minimum absolute atomic E-state index is 0.111. The van der Waals surface area contributed by atoms with E-state index in [1.165, 1.54) is 42.5 Å². The molecule has 0 aromatic heterocycles. The molecule has 12 nitrogen and oxygen atoms in total. The lowest BCUT2D eigenvalue weighted by Gasteiger charge is -2.08. The van der Waals surface area contributed by atoms with Crippen molar-refractivity contribution in [2.45, 2.75) is 9.79 Å². The zero-order valence-corrected chi connectivity index (χ0v) is 24.0. The third kappa shape index (κ3) is 5.57. The molecule has 14 heteroatoms. The van der Waals surface area contributed by atoms with Gasteiger partial charge in [-0.2, -0.15) is 21.9 Å². The van der Waals surface area contributed by atoms with E-state index >= 15 is 0 Å². The molecule has 0 amide bonds. The Morgan fingerprint density at radius 3 is 1.91 bits per heavy atom. The van der Waals surface area contributed by atoms with Gasteiger partial charge in [-0.3, -0.25) is 9.11 Å². The van der Waals surface area contributed by atoms with Crippen molar-refractivity contribution < 1.29 is 31.0 Å². The average molecular weight is 628 g/mol. The Kier molecular flexibility index (Phi) is 7.05. The molecule has 0 aliphatic carbocycles. The molecule has 0 saturated heterocycles. The highest BCUT2D eigenvalue weighted by molar-refractivity contribution is 7.86. The zero-order valence-electron chi connectivity index (χ0n) is 22.4. The van der Waals surface area contributed by atoms with Crippen molar-refractivity contribution in [1.82, 2.24) is 0 Å². The Hall–Kier alpha value is -5.28. The lowest BCUT2D eigenvalue weighted by atomic mass is 10.1. The summed E-state index contributed by atoms with van der Waals surface area (Å²) in [6.45, 7) is 0. The quantitative estimate of drug-likeness (QED) is 0.0813. The predicted octanol–water partition coefficient (Wildman–Crippen LogP) is 7.76. The molecule has 0 aliphatic rings. The van der Waals surface area contributed by atoms with Crippen LogP contribution in [0.1, 0.15) is 0 Å². The fourth-order valence-electron chi connectivity index (χ4n) is 4.74. The molecule has 6 aromatic carbocycles. The number of rotatable bonds is 6. The van der Waals surface area contributed by atoms with E-state index < -0.39 is 20.2 Å². The van der Waals surface area contributed by atoms with Crippen molar-refractivity contribution >= 4 is 81.0 Å². The maximum absolute atomic E-state index is 11.9. The number of anilines is 1. The van der Waals surface area contributed by atoms with Crippen LogP contribution in [-0.2, 0) is 20.2 Å². The number of nitrogens with two attached hydrogens (primary N) is 1. The van der Waals surface area contributed by atoms with E-state index in [1.807, 2.05) is 0 Å². The second kappa shape index (κ2) is 10.8. The van der Waals surface area contributed by atoms with Crippen LogP contribution < -0.4 is 5.73 Å². The first-order chi connectivity index (χ1) is 20.9. The Bertz CT molecular complexity index is 2430. The van der Waals surface area contributed by atoms with Gasteiger partial charge < -0.3 is 10.8 Å². The van der Waals surface area contributed by atoms with Crippen LogP contribution in [0, 0.1) is 0 Å². The monoisotopic (exact) mass is 627 g/mol. The van der Waals surface area contributed by atoms with Gasteiger partial charge in [-0.1, -0.05) is 30.3 Å². The van der Waals surface area contributed by atoms with Crippen LogP contribution in [0.3, 0.4) is 0 Å². The van der Waals surface area contributed by atoms with Crippen molar-refractivity contribution in [3.05, 3.63) is 97.1 Å². The van der Waals surface area contributed by atoms with Crippen LogP contribution in [0.4, 0.5) is 28.4 Å². The molecule has 0 bridgehead atoms. The molecule has 220 valence electrons. The summed E-state index contributed by atoms with van der Waals surface area (Å²) in [6.07, 6.45) is 0. The van der Waals surface area contributed by atoms with Gasteiger partial charge in [0.15, 0.2) is 0 Å². The summed E-state index contributed by atoms with van der Waals surface area (Å²) in [6, 6.07) is 24.4. The molecule has 0 atom stereocenters. The Morgan fingerprint density at radius 1 is 0.545 bits per heavy atom. The third-order valence-electron chi connectivity index (χ3n) is 6.91. The number of benzene rings is 6. The van der Waals surface area contributed by atoms with E-state index in [-0.39, 0.29) is 26.9 Å². The third-order valence-corrected chi connectivity index (χ3v) is 8.61. The minimum Gasteiger partial charge on any atom is -0.506 e. The molecule has 6 rings (SSSR count). The number of nitrogen functional groups attached to an aromatic ring is 1. The Morgan fingerprint density at radius 2 is 1.16 bits per heavy atom. The second-order valence-corrected chi connectivity index (χ2v) is 12.6. The Balaban J connectivity index is 1.43. The van der Waals surface area contributed by atoms with Crippen molar-refractivity contribution in [3.63, 3.8) is 0 Å². The van der Waals surface area contributed by atoms with Gasteiger partial charge in [-0.25, -0.2) is 0 Å². The first-order valence-electron chi connectivity index (χ1n) is 12.8. The lowest BCUT2D eigenvalue weighted by molar-refractivity contribution is 0.477. The zero-order chi connectivity index (χ0) is 31.2. The maximum atomic E-state index is 11.9. The fraction of sp³-hybridized carbons (Fsp3) is 0. The molecule has 0 unspecified atom stereocenters. The fourth-order valence-corrected chi connectivity index (χ4v) is 5.76. The molecular formula is C30H21N5O7S2. The molecular weight excluding hydrogens is 606 g/mol. The van der Waals surface area contributed by atoms with Crippen LogP contribution in [0.2, 0.25) is 0 Å². The molecule has 0 radical (unpaired) electrons. The molecule has 6 aromatic rings. The SMILES string of the molecule is Nc1cccc2c(N=Nc3ccc(N=Nc4ccc5cc(S(=O)(=O)O)ccc5c4)c4cc(S(=O)(=O)O)ccc34)c(O)ccc12. The number of phenols is 1. The molecule has 0 heterocycles. The number of nitrogens with zero attached hydrogens (tertiary/aromatic N) is 4. The first-order valence-corrected chi connectivity index (χ1v) is 15.7. The average Bonchev–Trinajstić information content (AvgIpc) is 2.98. The maximum Gasteiger partial charge on any atom is 0.294 e. The summed E-state index contributed by atoms with van der Waals surface area (Å²) in [5.41, 5.74) is 7.75. The van der Waals surface area contributed by atoms with Gasteiger partial charge in [0, 0.05) is 27.2 Å². The van der Waals surface area contributed by atoms with Crippen molar-refractivity contribution in [3.8, 4) is 5.75 Å². The standard InChI is InChI=1S/C30H21N5O7S2/c31-26-3-1-2-24-22(26)10-13-29(36)30(24)35-34-27-11-12-28(25-16-21(44(40,41)42)8-9-23(25)27)33-32-19-6-4-18-15-20(43(37,38)39)7-5-17(18)14-19/h1-16,36H,31H2,(H,37,38,39)(H,40,41,42). The van der Waals surface area contributed by atoms with Gasteiger partial charge in [0.1, 0.15) is 11.4 Å². The predicted molar refractivity (Wildman–Crippen MR) is 166 cm³/mol. The molecule has 0 fully saturated rings. The van der Waals surface area contributed by atoms with Gasteiger partial charge in [0.05, 0.1) is 26.9 Å². The van der Waals surface area contributed by atoms with Crippen LogP contribution in [-0.4, -0.2) is 31.0 Å². The normalized spacial score (nSPS) is 12.7. The summed E-state index contributed by atoms with van der Waals surface area (Å²) < 4.78 is 65.7. The smallest absolute Gasteiger partial charge is 0.294 e. The van der Waals surface area contributed by atoms with Gasteiger partial charge in [0.25, 0.3) is 20.2 Å². The molecule has 44 heavy (non-hydrogen) atoms. The number of fused-ring (bicyclic) bond motifs is 3. The molecule has 0 spiro atoms. The Labute approximate surface area is 250 Å². The summed E-state index contributed by atoms with van der Waals surface area (Å²) in [7, 11) is -8.91. The number of phenolic OH excluding ortho intramolecular Hbond substituents is 1.